The van der Waals surface area contributed by atoms with Gasteiger partial charge in [0.2, 0.25) is 0 Å². The molecule has 4 N–H and O–H groups in total. The molecule has 0 radical (unpaired) electrons. The number of carbonyl (C=O) groups excluding carboxylic acids is 5. The number of ether oxygens (including phenoxy) is 1. The Morgan fingerprint density at radius 3 is 1.55 bits per heavy atom. The van der Waals surface area contributed by atoms with Gasteiger partial charge in [0, 0.05) is 65.9 Å². The maximum atomic E-state index is 13.1. The first kappa shape index (κ1) is 31.4. The minimum absolute atomic E-state index is 0.209. The predicted molar refractivity (Wildman–Crippen MR) is 164 cm³/mol. The molecule has 0 bridgehead atoms. The van der Waals surface area contributed by atoms with E-state index in [4.69, 9.17) is 4.74 Å². The Hall–Kier alpha value is -5.53. The lowest BCUT2D eigenvalue weighted by Gasteiger charge is -2.05. The minimum Gasteiger partial charge on any atom is -0.466 e. The normalized spacial score (nSPS) is 10.8. The molecule has 0 aliphatic carbocycles. The van der Waals surface area contributed by atoms with Crippen molar-refractivity contribution in [2.45, 2.75) is 19.8 Å². The molecule has 0 saturated heterocycles. The monoisotopic (exact) mass is 604 g/mol. The molecule has 0 aliphatic rings. The van der Waals surface area contributed by atoms with Gasteiger partial charge in [-0.3, -0.25) is 24.0 Å². The van der Waals surface area contributed by atoms with Gasteiger partial charge < -0.3 is 44.3 Å². The zero-order chi connectivity index (χ0) is 32.0. The third-order valence-corrected chi connectivity index (χ3v) is 6.81. The van der Waals surface area contributed by atoms with Gasteiger partial charge in [0.15, 0.2) is 0 Å². The van der Waals surface area contributed by atoms with Gasteiger partial charge in [-0.2, -0.15) is 0 Å². The van der Waals surface area contributed by atoms with Crippen LogP contribution in [0.2, 0.25) is 0 Å². The number of rotatable bonds is 12. The van der Waals surface area contributed by atoms with Crippen LogP contribution in [0.25, 0.3) is 0 Å². The van der Waals surface area contributed by atoms with Gasteiger partial charge in [0.05, 0.1) is 23.7 Å². The van der Waals surface area contributed by atoms with Crippen LogP contribution >= 0.6 is 0 Å². The first-order valence-electron chi connectivity index (χ1n) is 13.9. The fourth-order valence-electron chi connectivity index (χ4n) is 4.62. The molecular weight excluding hydrogens is 568 g/mol. The summed E-state index contributed by atoms with van der Waals surface area (Å²) in [6.07, 6.45) is 7.27. The highest BCUT2D eigenvalue weighted by atomic mass is 16.5. The van der Waals surface area contributed by atoms with Crippen LogP contribution in [0.5, 0.6) is 0 Å². The molecule has 4 aromatic rings. The van der Waals surface area contributed by atoms with Crippen LogP contribution in [-0.4, -0.2) is 61.0 Å². The molecular formula is C30H36N8O6. The third kappa shape index (κ3) is 7.45. The van der Waals surface area contributed by atoms with Gasteiger partial charge in [-0.25, -0.2) is 0 Å². The van der Waals surface area contributed by atoms with E-state index in [-0.39, 0.29) is 29.9 Å². The van der Waals surface area contributed by atoms with Crippen molar-refractivity contribution in [1.82, 2.24) is 23.6 Å². The smallest absolute Gasteiger partial charge is 0.305 e. The Balaban J connectivity index is 1.34. The zero-order valence-corrected chi connectivity index (χ0v) is 25.3. The van der Waals surface area contributed by atoms with Crippen LogP contribution in [-0.2, 0) is 37.7 Å². The lowest BCUT2D eigenvalue weighted by atomic mass is 10.3. The van der Waals surface area contributed by atoms with E-state index in [2.05, 4.69) is 21.3 Å². The molecule has 0 unspecified atom stereocenters. The fraction of sp³-hybridized carbons (Fsp3) is 0.300. The second-order valence-electron chi connectivity index (χ2n) is 10.2. The number of aryl methyl sites for hydroxylation is 4. The highest BCUT2D eigenvalue weighted by Crippen LogP contribution is 2.20. The number of amides is 4. The number of anilines is 3. The van der Waals surface area contributed by atoms with Crippen molar-refractivity contribution >= 4 is 46.7 Å². The molecule has 44 heavy (non-hydrogen) atoms. The molecule has 4 aromatic heterocycles. The van der Waals surface area contributed by atoms with Crippen LogP contribution in [0, 0.1) is 0 Å². The SMILES string of the molecule is CCOC(=O)CCCNC(=O)c1cc(NC(=O)c2cc(NC(=O)c3cc(NC(=O)c4cccn4C)cn3C)cn2C)cn1C. The molecule has 4 heterocycles. The van der Waals surface area contributed by atoms with E-state index in [9.17, 15) is 24.0 Å². The Kier molecular flexibility index (Phi) is 9.73. The summed E-state index contributed by atoms with van der Waals surface area (Å²) in [4.78, 5) is 62.7. The van der Waals surface area contributed by atoms with Crippen LogP contribution in [0.4, 0.5) is 17.1 Å². The maximum absolute atomic E-state index is 13.1. The molecule has 0 aliphatic heterocycles. The molecule has 14 heteroatoms. The topological polar surface area (TPSA) is 162 Å². The maximum Gasteiger partial charge on any atom is 0.305 e. The Morgan fingerprint density at radius 2 is 1.11 bits per heavy atom. The van der Waals surface area contributed by atoms with Gasteiger partial charge >= 0.3 is 5.97 Å². The predicted octanol–water partition coefficient (Wildman–Crippen LogP) is 2.87. The lowest BCUT2D eigenvalue weighted by molar-refractivity contribution is -0.143. The largest absolute Gasteiger partial charge is 0.466 e. The van der Waals surface area contributed by atoms with E-state index in [0.29, 0.717) is 53.7 Å². The summed E-state index contributed by atoms with van der Waals surface area (Å²) in [7, 11) is 6.81. The van der Waals surface area contributed by atoms with Gasteiger partial charge in [-0.1, -0.05) is 0 Å². The summed E-state index contributed by atoms with van der Waals surface area (Å²) in [6.45, 7) is 2.35. The van der Waals surface area contributed by atoms with Crippen LogP contribution in [0.3, 0.4) is 0 Å². The van der Waals surface area contributed by atoms with Crippen molar-refractivity contribution in [2.75, 3.05) is 29.1 Å². The molecule has 4 rings (SSSR count). The Labute approximate surface area is 254 Å². The average Bonchev–Trinajstić information content (AvgIpc) is 3.73. The summed E-state index contributed by atoms with van der Waals surface area (Å²) in [5.41, 5.74) is 2.66. The number of hydrogen-bond acceptors (Lipinski definition) is 6. The molecule has 232 valence electrons. The van der Waals surface area contributed by atoms with Gasteiger partial charge in [0.1, 0.15) is 22.8 Å². The van der Waals surface area contributed by atoms with E-state index >= 15 is 0 Å². The summed E-state index contributed by atoms with van der Waals surface area (Å²) in [5.74, 6) is -1.82. The molecule has 0 spiro atoms. The van der Waals surface area contributed by atoms with Crippen LogP contribution in [0.15, 0.2) is 55.1 Å². The number of esters is 1. The molecule has 4 amide bonds. The summed E-state index contributed by atoms with van der Waals surface area (Å²) in [5, 5.41) is 11.1. The first-order chi connectivity index (χ1) is 21.0. The van der Waals surface area contributed by atoms with Crippen LogP contribution < -0.4 is 21.3 Å². The summed E-state index contributed by atoms with van der Waals surface area (Å²) < 4.78 is 11.3. The highest BCUT2D eigenvalue weighted by Gasteiger charge is 2.19. The number of aromatic nitrogens is 4. The molecule has 0 saturated carbocycles. The first-order valence-corrected chi connectivity index (χ1v) is 13.9. The van der Waals surface area contributed by atoms with Crippen molar-refractivity contribution < 1.29 is 28.7 Å². The standard InChI is InChI=1S/C30H36N8O6/c1-6-44-26(39)10-7-11-31-27(40)23-13-19(16-36(23)3)33-29(42)25-15-21(18-38(25)5)34-30(43)24-14-20(17-37(24)4)32-28(41)22-9-8-12-35(22)2/h8-9,12-18H,6-7,10-11H2,1-5H3,(H,31,40)(H,32,41)(H,33,42)(H,34,43). The highest BCUT2D eigenvalue weighted by molar-refractivity contribution is 6.08. The number of hydrogen-bond donors (Lipinski definition) is 4. The molecule has 0 fully saturated rings. The van der Waals surface area contributed by atoms with E-state index in [1.807, 2.05) is 0 Å². The lowest BCUT2D eigenvalue weighted by Crippen LogP contribution is -2.26. The quantitative estimate of drug-likeness (QED) is 0.144. The van der Waals surface area contributed by atoms with Crippen molar-refractivity contribution in [2.24, 2.45) is 28.2 Å². The molecule has 14 nitrogen and oxygen atoms in total. The Bertz CT molecular complexity index is 1710. The van der Waals surface area contributed by atoms with Crippen molar-refractivity contribution in [3.05, 3.63) is 77.9 Å². The van der Waals surface area contributed by atoms with Gasteiger partial charge in [-0.05, 0) is 43.7 Å². The molecule has 0 atom stereocenters. The summed E-state index contributed by atoms with van der Waals surface area (Å²) in [6, 6.07) is 8.11. The average molecular weight is 605 g/mol. The zero-order valence-electron chi connectivity index (χ0n) is 25.3. The number of nitrogens with zero attached hydrogens (tertiary/aromatic N) is 4. The summed E-state index contributed by atoms with van der Waals surface area (Å²) >= 11 is 0. The second kappa shape index (κ2) is 13.6. The third-order valence-electron chi connectivity index (χ3n) is 6.81. The van der Waals surface area contributed by atoms with E-state index < -0.39 is 11.8 Å². The van der Waals surface area contributed by atoms with Crippen molar-refractivity contribution in [3.8, 4) is 0 Å². The van der Waals surface area contributed by atoms with E-state index in [1.54, 1.807) is 102 Å². The van der Waals surface area contributed by atoms with Crippen molar-refractivity contribution in [3.63, 3.8) is 0 Å². The molecule has 0 aromatic carbocycles. The van der Waals surface area contributed by atoms with Gasteiger partial charge in [-0.15, -0.1) is 0 Å². The second-order valence-corrected chi connectivity index (χ2v) is 10.2. The number of carbonyl (C=O) groups is 5. The minimum atomic E-state index is -0.440. The van der Waals surface area contributed by atoms with E-state index in [0.717, 1.165) is 0 Å². The van der Waals surface area contributed by atoms with Crippen LogP contribution in [0.1, 0.15) is 61.7 Å². The fourth-order valence-corrected chi connectivity index (χ4v) is 4.62. The van der Waals surface area contributed by atoms with Crippen molar-refractivity contribution in [1.29, 1.82) is 0 Å². The van der Waals surface area contributed by atoms with Gasteiger partial charge in [0.25, 0.3) is 23.6 Å². The van der Waals surface area contributed by atoms with E-state index in [1.165, 1.54) is 6.07 Å². The Morgan fingerprint density at radius 1 is 0.659 bits per heavy atom. The number of nitrogens with one attached hydrogen (secondary N) is 4.